The molecule has 0 radical (unpaired) electrons. The molecule has 0 N–H and O–H groups in total. The van der Waals surface area contributed by atoms with Crippen LogP contribution in [-0.2, 0) is 19.4 Å². The predicted molar refractivity (Wildman–Crippen MR) is 83.5 cm³/mol. The Bertz CT molecular complexity index is 607. The van der Waals surface area contributed by atoms with Crippen molar-refractivity contribution in [2.45, 2.75) is 26.4 Å². The third-order valence-electron chi connectivity index (χ3n) is 3.57. The molecule has 1 aliphatic heterocycles. The highest BCUT2D eigenvalue weighted by atomic mass is 79.9. The Labute approximate surface area is 127 Å². The van der Waals surface area contributed by atoms with Gasteiger partial charge in [0.1, 0.15) is 18.1 Å². The number of hydrogen-bond acceptors (Lipinski definition) is 2. The summed E-state index contributed by atoms with van der Waals surface area (Å²) in [7, 11) is 0. The minimum Gasteiger partial charge on any atom is -0.493 e. The maximum absolute atomic E-state index is 6.08. The highest BCUT2D eigenvalue weighted by Gasteiger charge is 2.22. The normalized spacial score (nSPS) is 12.9. The minimum atomic E-state index is 0.582. The molecule has 0 fully saturated rings. The summed E-state index contributed by atoms with van der Waals surface area (Å²) in [5.74, 6) is 1.92. The molecule has 2 aromatic carbocycles. The van der Waals surface area contributed by atoms with Gasteiger partial charge in [0.15, 0.2) is 0 Å². The molecule has 0 spiro atoms. The maximum atomic E-state index is 6.08. The molecule has 0 unspecified atom stereocenters. The number of hydrogen-bond donors (Lipinski definition) is 0. The third-order valence-corrected chi connectivity index (χ3v) is 4.44. The van der Waals surface area contributed by atoms with Crippen LogP contribution < -0.4 is 9.47 Å². The number of rotatable bonds is 4. The smallest absolute Gasteiger partial charge is 0.141 e. The summed E-state index contributed by atoms with van der Waals surface area (Å²) < 4.78 is 12.8. The molecule has 1 heterocycles. The molecule has 0 atom stereocenters. The minimum absolute atomic E-state index is 0.582. The van der Waals surface area contributed by atoms with Crippen LogP contribution in [0.15, 0.2) is 40.9 Å². The first-order chi connectivity index (χ1) is 9.79. The van der Waals surface area contributed by atoms with Gasteiger partial charge >= 0.3 is 0 Å². The van der Waals surface area contributed by atoms with Crippen LogP contribution >= 0.6 is 15.9 Å². The molecule has 2 nitrogen and oxygen atoms in total. The topological polar surface area (TPSA) is 18.5 Å². The Hall–Kier alpha value is -1.48. The second-order valence-electron chi connectivity index (χ2n) is 4.88. The van der Waals surface area contributed by atoms with Gasteiger partial charge in [-0.05, 0) is 39.5 Å². The van der Waals surface area contributed by atoms with Crippen LogP contribution in [0.4, 0.5) is 0 Å². The van der Waals surface area contributed by atoms with Gasteiger partial charge in [-0.3, -0.25) is 0 Å². The van der Waals surface area contributed by atoms with Crippen LogP contribution in [0.1, 0.15) is 23.6 Å². The molecule has 0 amide bonds. The molecule has 0 aromatic heterocycles. The lowest BCUT2D eigenvalue weighted by atomic mass is 10.1. The fourth-order valence-corrected chi connectivity index (χ4v) is 3.21. The first-order valence-electron chi connectivity index (χ1n) is 6.93. The quantitative estimate of drug-likeness (QED) is 0.819. The third kappa shape index (κ3) is 2.55. The first kappa shape index (κ1) is 13.5. The van der Waals surface area contributed by atoms with Gasteiger partial charge in [-0.2, -0.15) is 0 Å². The van der Waals surface area contributed by atoms with E-state index in [4.69, 9.17) is 9.47 Å². The van der Waals surface area contributed by atoms with Crippen molar-refractivity contribution in [3.05, 3.63) is 57.6 Å². The fourth-order valence-electron chi connectivity index (χ4n) is 2.46. The predicted octanol–water partition coefficient (Wildman–Crippen LogP) is 4.53. The Balaban J connectivity index is 1.90. The van der Waals surface area contributed by atoms with Crippen LogP contribution in [0, 0.1) is 0 Å². The van der Waals surface area contributed by atoms with E-state index in [0.29, 0.717) is 6.61 Å². The summed E-state index contributed by atoms with van der Waals surface area (Å²) >= 11 is 3.69. The van der Waals surface area contributed by atoms with Crippen molar-refractivity contribution in [2.75, 3.05) is 6.61 Å². The van der Waals surface area contributed by atoms with E-state index < -0.39 is 0 Å². The lowest BCUT2D eigenvalue weighted by Crippen LogP contribution is -2.00. The summed E-state index contributed by atoms with van der Waals surface area (Å²) in [6.45, 7) is 3.47. The Kier molecular flexibility index (Phi) is 3.97. The zero-order chi connectivity index (χ0) is 13.9. The molecule has 3 heteroatoms. The summed E-state index contributed by atoms with van der Waals surface area (Å²) in [6.07, 6.45) is 1.88. The Morgan fingerprint density at radius 2 is 2.05 bits per heavy atom. The zero-order valence-corrected chi connectivity index (χ0v) is 13.1. The fraction of sp³-hybridized carbons (Fsp3) is 0.294. The SMILES string of the molecule is CCc1cc2c(c(OCc3ccccc3)c1Br)CCO2. The summed E-state index contributed by atoms with van der Waals surface area (Å²) in [5.41, 5.74) is 3.59. The Morgan fingerprint density at radius 1 is 1.25 bits per heavy atom. The van der Waals surface area contributed by atoms with Gasteiger partial charge in [-0.25, -0.2) is 0 Å². The van der Waals surface area contributed by atoms with Crippen molar-refractivity contribution in [3.8, 4) is 11.5 Å². The van der Waals surface area contributed by atoms with E-state index >= 15 is 0 Å². The van der Waals surface area contributed by atoms with E-state index in [1.54, 1.807) is 0 Å². The summed E-state index contributed by atoms with van der Waals surface area (Å²) in [5, 5.41) is 0. The monoisotopic (exact) mass is 332 g/mol. The van der Waals surface area contributed by atoms with Gasteiger partial charge < -0.3 is 9.47 Å². The highest BCUT2D eigenvalue weighted by Crippen LogP contribution is 2.42. The van der Waals surface area contributed by atoms with E-state index in [0.717, 1.165) is 35.4 Å². The largest absolute Gasteiger partial charge is 0.493 e. The van der Waals surface area contributed by atoms with Crippen molar-refractivity contribution in [3.63, 3.8) is 0 Å². The second kappa shape index (κ2) is 5.88. The second-order valence-corrected chi connectivity index (χ2v) is 5.67. The van der Waals surface area contributed by atoms with Gasteiger partial charge in [0.25, 0.3) is 0 Å². The lowest BCUT2D eigenvalue weighted by molar-refractivity contribution is 0.301. The molecule has 2 aromatic rings. The Morgan fingerprint density at radius 3 is 2.80 bits per heavy atom. The summed E-state index contributed by atoms with van der Waals surface area (Å²) in [4.78, 5) is 0. The maximum Gasteiger partial charge on any atom is 0.141 e. The molecule has 0 saturated carbocycles. The van der Waals surface area contributed by atoms with Crippen LogP contribution in [0.5, 0.6) is 11.5 Å². The van der Waals surface area contributed by atoms with E-state index in [2.05, 4.69) is 41.1 Å². The number of ether oxygens (including phenoxy) is 2. The van der Waals surface area contributed by atoms with Crippen molar-refractivity contribution in [1.29, 1.82) is 0 Å². The van der Waals surface area contributed by atoms with Gasteiger partial charge in [0.05, 0.1) is 11.1 Å². The van der Waals surface area contributed by atoms with Gasteiger partial charge in [-0.1, -0.05) is 37.3 Å². The van der Waals surface area contributed by atoms with Gasteiger partial charge in [0.2, 0.25) is 0 Å². The van der Waals surface area contributed by atoms with E-state index in [1.807, 2.05) is 18.2 Å². The highest BCUT2D eigenvalue weighted by molar-refractivity contribution is 9.10. The molecule has 0 bridgehead atoms. The number of aryl methyl sites for hydroxylation is 1. The zero-order valence-electron chi connectivity index (χ0n) is 11.5. The molecular weight excluding hydrogens is 316 g/mol. The van der Waals surface area contributed by atoms with Crippen LogP contribution in [0.25, 0.3) is 0 Å². The number of benzene rings is 2. The number of fused-ring (bicyclic) bond motifs is 1. The van der Waals surface area contributed by atoms with Crippen LogP contribution in [-0.4, -0.2) is 6.61 Å². The molecule has 0 saturated heterocycles. The van der Waals surface area contributed by atoms with E-state index in [9.17, 15) is 0 Å². The first-order valence-corrected chi connectivity index (χ1v) is 7.72. The molecule has 104 valence electrons. The molecule has 20 heavy (non-hydrogen) atoms. The molecular formula is C17H17BrO2. The van der Waals surface area contributed by atoms with E-state index in [-0.39, 0.29) is 0 Å². The molecule has 3 rings (SSSR count). The average Bonchev–Trinajstić information content (AvgIpc) is 2.95. The molecule has 1 aliphatic rings. The van der Waals surface area contributed by atoms with Crippen molar-refractivity contribution < 1.29 is 9.47 Å². The molecule has 0 aliphatic carbocycles. The standard InChI is InChI=1S/C17H17BrO2/c1-2-13-10-15-14(8-9-19-15)17(16(13)18)20-11-12-6-4-3-5-7-12/h3-7,10H,2,8-9,11H2,1H3. The van der Waals surface area contributed by atoms with Crippen molar-refractivity contribution >= 4 is 15.9 Å². The van der Waals surface area contributed by atoms with Crippen LogP contribution in [0.3, 0.4) is 0 Å². The number of halogens is 1. The van der Waals surface area contributed by atoms with Crippen molar-refractivity contribution in [2.24, 2.45) is 0 Å². The average molecular weight is 333 g/mol. The summed E-state index contributed by atoms with van der Waals surface area (Å²) in [6, 6.07) is 12.4. The van der Waals surface area contributed by atoms with Crippen molar-refractivity contribution in [1.82, 2.24) is 0 Å². The lowest BCUT2D eigenvalue weighted by Gasteiger charge is -2.15. The van der Waals surface area contributed by atoms with E-state index in [1.165, 1.54) is 16.7 Å². The van der Waals surface area contributed by atoms with Crippen LogP contribution in [0.2, 0.25) is 0 Å². The van der Waals surface area contributed by atoms with Gasteiger partial charge in [0, 0.05) is 12.0 Å². The van der Waals surface area contributed by atoms with Gasteiger partial charge in [-0.15, -0.1) is 0 Å².